The zero-order valence-electron chi connectivity index (χ0n) is 11.5. The van der Waals surface area contributed by atoms with Crippen LogP contribution in [0.2, 0.25) is 0 Å². The van der Waals surface area contributed by atoms with Crippen molar-refractivity contribution in [3.05, 3.63) is 17.5 Å². The van der Waals surface area contributed by atoms with Crippen LogP contribution in [0.1, 0.15) is 41.7 Å². The Morgan fingerprint density at radius 1 is 1.42 bits per heavy atom. The summed E-state index contributed by atoms with van der Waals surface area (Å²) in [6, 6.07) is 0.468. The van der Waals surface area contributed by atoms with Crippen LogP contribution >= 0.6 is 0 Å². The second-order valence-corrected chi connectivity index (χ2v) is 5.86. The Labute approximate surface area is 113 Å². The van der Waals surface area contributed by atoms with Gasteiger partial charge in [-0.1, -0.05) is 0 Å². The second-order valence-electron chi connectivity index (χ2n) is 5.86. The lowest BCUT2D eigenvalue weighted by atomic mass is 10.1. The molecule has 1 aliphatic carbocycles. The lowest BCUT2D eigenvalue weighted by Crippen LogP contribution is -2.42. The van der Waals surface area contributed by atoms with Crippen molar-refractivity contribution in [1.29, 1.82) is 0 Å². The molecule has 1 saturated heterocycles. The van der Waals surface area contributed by atoms with Gasteiger partial charge in [-0.15, -0.1) is 0 Å². The number of amides is 1. The summed E-state index contributed by atoms with van der Waals surface area (Å²) in [7, 11) is 0. The minimum atomic E-state index is 0.131. The van der Waals surface area contributed by atoms with Gasteiger partial charge < -0.3 is 10.2 Å². The molecule has 1 unspecified atom stereocenters. The van der Waals surface area contributed by atoms with Gasteiger partial charge >= 0.3 is 0 Å². The van der Waals surface area contributed by atoms with Crippen molar-refractivity contribution in [2.45, 2.75) is 38.6 Å². The van der Waals surface area contributed by atoms with Crippen LogP contribution < -0.4 is 5.32 Å². The first-order valence-corrected chi connectivity index (χ1v) is 7.26. The second kappa shape index (κ2) is 5.33. The van der Waals surface area contributed by atoms with Crippen LogP contribution in [-0.4, -0.2) is 46.7 Å². The molecule has 1 atom stereocenters. The number of aryl methyl sites for hydroxylation is 1. The Morgan fingerprint density at radius 2 is 2.26 bits per heavy atom. The Balaban J connectivity index is 1.69. The van der Waals surface area contributed by atoms with Gasteiger partial charge in [-0.3, -0.25) is 9.89 Å². The summed E-state index contributed by atoms with van der Waals surface area (Å²) in [5, 5.41) is 10.3. The van der Waals surface area contributed by atoms with Gasteiger partial charge in [0.25, 0.3) is 5.91 Å². The van der Waals surface area contributed by atoms with Crippen LogP contribution in [0, 0.1) is 12.8 Å². The Kier molecular flexibility index (Phi) is 3.55. The highest BCUT2D eigenvalue weighted by molar-refractivity contribution is 5.95. The van der Waals surface area contributed by atoms with Crippen LogP contribution in [-0.2, 0) is 0 Å². The molecule has 19 heavy (non-hydrogen) atoms. The number of carbonyl (C=O) groups excluding carboxylic acids is 1. The number of aromatic amines is 1. The normalized spacial score (nSPS) is 22.7. The predicted octanol–water partition coefficient (Wildman–Crippen LogP) is 1.32. The van der Waals surface area contributed by atoms with E-state index in [1.54, 1.807) is 6.20 Å². The first kappa shape index (κ1) is 12.7. The molecule has 104 valence electrons. The van der Waals surface area contributed by atoms with Crippen molar-refractivity contribution in [2.75, 3.05) is 19.6 Å². The Bertz CT molecular complexity index is 446. The molecule has 0 spiro atoms. The minimum Gasteiger partial charge on any atom is -0.337 e. The smallest absolute Gasteiger partial charge is 0.257 e. The van der Waals surface area contributed by atoms with E-state index in [9.17, 15) is 4.79 Å². The fourth-order valence-corrected chi connectivity index (χ4v) is 2.77. The van der Waals surface area contributed by atoms with Crippen molar-refractivity contribution in [3.63, 3.8) is 0 Å². The van der Waals surface area contributed by atoms with Crippen molar-refractivity contribution in [3.8, 4) is 0 Å². The molecule has 1 amide bonds. The van der Waals surface area contributed by atoms with Crippen molar-refractivity contribution in [2.24, 2.45) is 5.92 Å². The number of rotatable bonds is 5. The number of nitrogens with one attached hydrogen (secondary N) is 2. The van der Waals surface area contributed by atoms with Crippen LogP contribution in [0.5, 0.6) is 0 Å². The van der Waals surface area contributed by atoms with Crippen LogP contribution in [0.15, 0.2) is 6.20 Å². The van der Waals surface area contributed by atoms with Gasteiger partial charge in [0.1, 0.15) is 0 Å². The van der Waals surface area contributed by atoms with E-state index in [0.29, 0.717) is 6.04 Å². The standard InChI is InChI=1S/C14H22N4O/c1-10-13(7-16-17-10)14(19)18(8-11-4-5-11)9-12-3-2-6-15-12/h7,11-12,15H,2-6,8-9H2,1H3,(H,16,17). The maximum Gasteiger partial charge on any atom is 0.257 e. The monoisotopic (exact) mass is 262 g/mol. The van der Waals surface area contributed by atoms with Gasteiger partial charge in [-0.05, 0) is 45.1 Å². The molecule has 1 aromatic rings. The Hall–Kier alpha value is -1.36. The van der Waals surface area contributed by atoms with Gasteiger partial charge in [0.05, 0.1) is 11.8 Å². The van der Waals surface area contributed by atoms with Gasteiger partial charge in [0.2, 0.25) is 0 Å². The summed E-state index contributed by atoms with van der Waals surface area (Å²) >= 11 is 0. The van der Waals surface area contributed by atoms with E-state index in [2.05, 4.69) is 15.5 Å². The highest BCUT2D eigenvalue weighted by Gasteiger charge is 2.30. The van der Waals surface area contributed by atoms with E-state index in [4.69, 9.17) is 0 Å². The summed E-state index contributed by atoms with van der Waals surface area (Å²) in [5.74, 6) is 0.851. The maximum atomic E-state index is 12.6. The molecule has 0 aromatic carbocycles. The lowest BCUT2D eigenvalue weighted by molar-refractivity contribution is 0.0733. The van der Waals surface area contributed by atoms with E-state index in [1.165, 1.54) is 25.7 Å². The molecule has 3 rings (SSSR count). The maximum absolute atomic E-state index is 12.6. The molecule has 0 radical (unpaired) electrons. The molecular formula is C14H22N4O. The molecule has 2 fully saturated rings. The number of hydrogen-bond acceptors (Lipinski definition) is 3. The molecule has 5 nitrogen and oxygen atoms in total. The van der Waals surface area contributed by atoms with E-state index in [1.807, 2.05) is 11.8 Å². The highest BCUT2D eigenvalue weighted by Crippen LogP contribution is 2.30. The summed E-state index contributed by atoms with van der Waals surface area (Å²) < 4.78 is 0. The van der Waals surface area contributed by atoms with Gasteiger partial charge in [-0.25, -0.2) is 0 Å². The molecule has 2 N–H and O–H groups in total. The summed E-state index contributed by atoms with van der Waals surface area (Å²) in [4.78, 5) is 14.6. The molecule has 2 heterocycles. The van der Waals surface area contributed by atoms with Crippen LogP contribution in [0.3, 0.4) is 0 Å². The fraction of sp³-hybridized carbons (Fsp3) is 0.714. The lowest BCUT2D eigenvalue weighted by Gasteiger charge is -2.25. The number of hydrogen-bond donors (Lipinski definition) is 2. The number of nitrogens with zero attached hydrogens (tertiary/aromatic N) is 2. The summed E-state index contributed by atoms with van der Waals surface area (Å²) in [6.07, 6.45) is 6.60. The minimum absolute atomic E-state index is 0.131. The first-order valence-electron chi connectivity index (χ1n) is 7.26. The third-order valence-electron chi connectivity index (χ3n) is 4.13. The van der Waals surface area contributed by atoms with E-state index >= 15 is 0 Å². The third kappa shape index (κ3) is 2.97. The van der Waals surface area contributed by atoms with Crippen molar-refractivity contribution < 1.29 is 4.79 Å². The number of H-pyrrole nitrogens is 1. The van der Waals surface area contributed by atoms with E-state index < -0.39 is 0 Å². The molecule has 1 saturated carbocycles. The molecule has 2 aliphatic rings. The molecule has 1 aliphatic heterocycles. The van der Waals surface area contributed by atoms with E-state index in [-0.39, 0.29) is 5.91 Å². The topological polar surface area (TPSA) is 61.0 Å². The SMILES string of the molecule is Cc1[nH]ncc1C(=O)N(CC1CC1)CC1CCCN1. The molecule has 5 heteroatoms. The quantitative estimate of drug-likeness (QED) is 0.841. The zero-order valence-corrected chi connectivity index (χ0v) is 11.5. The van der Waals surface area contributed by atoms with Gasteiger partial charge in [0.15, 0.2) is 0 Å². The zero-order chi connectivity index (χ0) is 13.2. The Morgan fingerprint density at radius 3 is 2.84 bits per heavy atom. The number of carbonyl (C=O) groups is 1. The predicted molar refractivity (Wildman–Crippen MR) is 73.0 cm³/mol. The molecule has 0 bridgehead atoms. The first-order chi connectivity index (χ1) is 9.24. The van der Waals surface area contributed by atoms with Crippen molar-refractivity contribution in [1.82, 2.24) is 20.4 Å². The molecule has 1 aromatic heterocycles. The van der Waals surface area contributed by atoms with Crippen LogP contribution in [0.4, 0.5) is 0 Å². The fourth-order valence-electron chi connectivity index (χ4n) is 2.77. The van der Waals surface area contributed by atoms with Crippen LogP contribution in [0.25, 0.3) is 0 Å². The molecular weight excluding hydrogens is 240 g/mol. The average Bonchev–Trinajstić information content (AvgIpc) is 2.88. The average molecular weight is 262 g/mol. The summed E-state index contributed by atoms with van der Waals surface area (Å²) in [5.41, 5.74) is 1.59. The summed E-state index contributed by atoms with van der Waals surface area (Å²) in [6.45, 7) is 4.73. The largest absolute Gasteiger partial charge is 0.337 e. The van der Waals surface area contributed by atoms with Gasteiger partial charge in [-0.2, -0.15) is 5.10 Å². The highest BCUT2D eigenvalue weighted by atomic mass is 16.2. The number of aromatic nitrogens is 2. The van der Waals surface area contributed by atoms with E-state index in [0.717, 1.165) is 36.8 Å². The van der Waals surface area contributed by atoms with Gasteiger partial charge in [0, 0.05) is 24.8 Å². The van der Waals surface area contributed by atoms with Crippen molar-refractivity contribution >= 4 is 5.91 Å². The third-order valence-corrected chi connectivity index (χ3v) is 4.13.